The minimum absolute atomic E-state index is 0.0133. The molecule has 6 aliphatic rings. The first-order valence-corrected chi connectivity index (χ1v) is 21.0. The van der Waals surface area contributed by atoms with Crippen molar-refractivity contribution in [2.75, 3.05) is 27.3 Å². The van der Waals surface area contributed by atoms with Gasteiger partial charge in [-0.15, -0.1) is 11.3 Å². The Labute approximate surface area is 336 Å². The number of carbonyl (C=O) groups is 2. The number of benzene rings is 2. The van der Waals surface area contributed by atoms with E-state index in [4.69, 9.17) is 9.47 Å². The second-order valence-corrected chi connectivity index (χ2v) is 18.8. The van der Waals surface area contributed by atoms with Crippen molar-refractivity contribution in [2.24, 2.45) is 33.5 Å². The molecule has 6 aliphatic carbocycles. The van der Waals surface area contributed by atoms with Crippen LogP contribution in [0.1, 0.15) is 85.2 Å². The number of carbonyl (C=O) groups excluding carboxylic acids is 2. The molecular weight excluding hydrogens is 752 g/mol. The number of aliphatic hydroxyl groups excluding tert-OH is 1. The van der Waals surface area contributed by atoms with Crippen molar-refractivity contribution in [1.82, 2.24) is 4.90 Å². The standard InChI is InChI=1S/C46H52F3NO6S/c1-41-16-12-32(51)26-43(41)19-20-45(34(27-43)40(53)30-7-5-8-31(25-30)46(47,48)49)37(41)13-17-42(2)38(45)14-18-44(42,54)28-50(21-15-33-9-6-22-57-33)39(52)24-29-10-11-35(55-3)36(23-29)56-4/h5-11,19-20,22-23,25,27,32,37-38,51,54H,12-18,21,24,26,28H2,1-4H3. The second-order valence-electron chi connectivity index (χ2n) is 17.7. The molecule has 2 spiro atoms. The predicted molar refractivity (Wildman–Crippen MR) is 212 cm³/mol. The summed E-state index contributed by atoms with van der Waals surface area (Å²) in [6.07, 6.45) is 6.07. The van der Waals surface area contributed by atoms with Gasteiger partial charge in [-0.25, -0.2) is 0 Å². The molecule has 8 unspecified atom stereocenters. The summed E-state index contributed by atoms with van der Waals surface area (Å²) in [5.41, 5.74) is -3.48. The first kappa shape index (κ1) is 39.9. The molecule has 57 heavy (non-hydrogen) atoms. The van der Waals surface area contributed by atoms with E-state index in [2.05, 4.69) is 26.0 Å². The van der Waals surface area contributed by atoms with Gasteiger partial charge in [0.15, 0.2) is 17.3 Å². The van der Waals surface area contributed by atoms with Gasteiger partial charge in [-0.1, -0.05) is 56.3 Å². The van der Waals surface area contributed by atoms with Gasteiger partial charge in [-0.05, 0) is 110 Å². The number of alkyl halides is 3. The van der Waals surface area contributed by atoms with Crippen LogP contribution in [0.5, 0.6) is 11.5 Å². The lowest BCUT2D eigenvalue weighted by atomic mass is 9.32. The molecular formula is C46H52F3NO6S. The van der Waals surface area contributed by atoms with E-state index in [0.29, 0.717) is 68.6 Å². The van der Waals surface area contributed by atoms with Gasteiger partial charge >= 0.3 is 6.18 Å². The number of amides is 1. The van der Waals surface area contributed by atoms with Gasteiger partial charge in [0.25, 0.3) is 0 Å². The zero-order valence-corrected chi connectivity index (χ0v) is 33.8. The Bertz CT molecular complexity index is 2120. The summed E-state index contributed by atoms with van der Waals surface area (Å²) in [4.78, 5) is 32.2. The summed E-state index contributed by atoms with van der Waals surface area (Å²) in [5, 5.41) is 26.2. The summed E-state index contributed by atoms with van der Waals surface area (Å²) < 4.78 is 52.8. The quantitative estimate of drug-likeness (QED) is 0.149. The van der Waals surface area contributed by atoms with Crippen molar-refractivity contribution in [3.63, 3.8) is 0 Å². The normalized spacial score (nSPS) is 33.8. The van der Waals surface area contributed by atoms with E-state index in [-0.39, 0.29) is 41.7 Å². The van der Waals surface area contributed by atoms with Crippen LogP contribution >= 0.6 is 11.3 Å². The third-order valence-corrected chi connectivity index (χ3v) is 16.2. The Hall–Kier alpha value is -3.93. The number of rotatable bonds is 11. The highest BCUT2D eigenvalue weighted by Gasteiger charge is 2.74. The fourth-order valence-corrected chi connectivity index (χ4v) is 12.9. The molecule has 7 nitrogen and oxygen atoms in total. The zero-order chi connectivity index (χ0) is 40.6. The maximum absolute atomic E-state index is 14.9. The molecule has 11 heteroatoms. The molecule has 1 aromatic heterocycles. The van der Waals surface area contributed by atoms with Gasteiger partial charge in [0, 0.05) is 45.3 Å². The van der Waals surface area contributed by atoms with Gasteiger partial charge in [0.1, 0.15) is 0 Å². The molecule has 0 radical (unpaired) electrons. The summed E-state index contributed by atoms with van der Waals surface area (Å²) in [6.45, 7) is 4.89. The van der Waals surface area contributed by atoms with Crippen molar-refractivity contribution in [3.05, 3.63) is 105 Å². The topological polar surface area (TPSA) is 96.3 Å². The fraction of sp³-hybridized carbons (Fsp3) is 0.522. The van der Waals surface area contributed by atoms with Crippen LogP contribution in [0.4, 0.5) is 13.2 Å². The number of methoxy groups -OCH3 is 2. The molecule has 3 aromatic rings. The number of halogens is 3. The minimum Gasteiger partial charge on any atom is -0.493 e. The summed E-state index contributed by atoms with van der Waals surface area (Å²) >= 11 is 1.62. The highest BCUT2D eigenvalue weighted by atomic mass is 32.1. The number of thiophene rings is 1. The molecule has 8 atom stereocenters. The number of allylic oxidation sites excluding steroid dienone is 4. The first-order chi connectivity index (χ1) is 27.0. The monoisotopic (exact) mass is 803 g/mol. The van der Waals surface area contributed by atoms with Crippen LogP contribution in [-0.2, 0) is 23.8 Å². The van der Waals surface area contributed by atoms with Gasteiger partial charge in [-0.2, -0.15) is 13.2 Å². The van der Waals surface area contributed by atoms with Gasteiger partial charge in [-0.3, -0.25) is 9.59 Å². The van der Waals surface area contributed by atoms with E-state index in [1.54, 1.807) is 42.6 Å². The molecule has 2 bridgehead atoms. The molecule has 3 fully saturated rings. The average molecular weight is 804 g/mol. The van der Waals surface area contributed by atoms with Crippen molar-refractivity contribution in [3.8, 4) is 11.5 Å². The number of ether oxygens (including phenoxy) is 2. The highest BCUT2D eigenvalue weighted by Crippen LogP contribution is 2.78. The minimum atomic E-state index is -4.61. The van der Waals surface area contributed by atoms with E-state index in [1.807, 2.05) is 29.7 Å². The molecule has 1 heterocycles. The number of hydrogen-bond donors (Lipinski definition) is 2. The first-order valence-electron chi connectivity index (χ1n) is 20.1. The summed E-state index contributed by atoms with van der Waals surface area (Å²) in [7, 11) is 3.11. The second kappa shape index (κ2) is 14.1. The zero-order valence-electron chi connectivity index (χ0n) is 33.0. The molecule has 0 saturated heterocycles. The average Bonchev–Trinajstić information content (AvgIpc) is 3.81. The Morgan fingerprint density at radius 2 is 1.65 bits per heavy atom. The molecule has 9 rings (SSSR count). The lowest BCUT2D eigenvalue weighted by Gasteiger charge is -2.71. The Morgan fingerprint density at radius 3 is 2.37 bits per heavy atom. The van der Waals surface area contributed by atoms with Crippen LogP contribution in [0.2, 0.25) is 0 Å². The number of nitrogens with zero attached hydrogens (tertiary/aromatic N) is 1. The van der Waals surface area contributed by atoms with E-state index in [0.717, 1.165) is 29.0 Å². The Morgan fingerprint density at radius 1 is 0.912 bits per heavy atom. The van der Waals surface area contributed by atoms with E-state index < -0.39 is 45.5 Å². The lowest BCUT2D eigenvalue weighted by molar-refractivity contribution is -0.178. The lowest BCUT2D eigenvalue weighted by Crippen LogP contribution is -2.67. The van der Waals surface area contributed by atoms with Crippen molar-refractivity contribution >= 4 is 23.0 Å². The molecule has 0 aliphatic heterocycles. The summed E-state index contributed by atoms with van der Waals surface area (Å²) in [6, 6.07) is 14.1. The van der Waals surface area contributed by atoms with Crippen molar-refractivity contribution in [1.29, 1.82) is 0 Å². The van der Waals surface area contributed by atoms with Crippen LogP contribution < -0.4 is 9.47 Å². The van der Waals surface area contributed by atoms with Crippen molar-refractivity contribution < 1.29 is 42.4 Å². The Balaban J connectivity index is 1.17. The fourth-order valence-electron chi connectivity index (χ4n) is 12.2. The number of Topliss-reactive ketones (excluding diaryl/α,β-unsaturated/α-hetero) is 1. The SMILES string of the molecule is COc1ccc(CC(=O)N(CCc2cccs2)CC2(O)CCC3C45C=CC6(C=C4C(=O)c4cccc(C(F)(F)F)c4)CC(O)CCC6(C)C5CCC32C)cc1OC. The summed E-state index contributed by atoms with van der Waals surface area (Å²) in [5.74, 6) is 0.272. The van der Waals surface area contributed by atoms with Gasteiger partial charge in [0.2, 0.25) is 5.91 Å². The van der Waals surface area contributed by atoms with E-state index >= 15 is 0 Å². The maximum atomic E-state index is 14.9. The largest absolute Gasteiger partial charge is 0.493 e. The van der Waals surface area contributed by atoms with E-state index in [1.165, 1.54) is 12.1 Å². The van der Waals surface area contributed by atoms with Crippen molar-refractivity contribution in [2.45, 2.75) is 89.5 Å². The smallest absolute Gasteiger partial charge is 0.416 e. The number of aliphatic hydroxyl groups is 2. The maximum Gasteiger partial charge on any atom is 0.416 e. The molecule has 2 N–H and O–H groups in total. The molecule has 3 saturated carbocycles. The van der Waals surface area contributed by atoms with Crippen LogP contribution in [0, 0.1) is 33.5 Å². The highest BCUT2D eigenvalue weighted by molar-refractivity contribution is 7.09. The third-order valence-electron chi connectivity index (χ3n) is 15.2. The number of hydrogen-bond acceptors (Lipinski definition) is 7. The molecule has 304 valence electrons. The van der Waals surface area contributed by atoms with Crippen LogP contribution in [-0.4, -0.2) is 65.8 Å². The van der Waals surface area contributed by atoms with Crippen LogP contribution in [0.15, 0.2) is 83.8 Å². The third kappa shape index (κ3) is 6.20. The number of fused-ring (bicyclic) bond motifs is 1. The molecule has 1 amide bonds. The number of ketones is 1. The Kier molecular flexibility index (Phi) is 9.88. The van der Waals surface area contributed by atoms with Gasteiger partial charge < -0.3 is 24.6 Å². The van der Waals surface area contributed by atoms with Crippen LogP contribution in [0.3, 0.4) is 0 Å². The van der Waals surface area contributed by atoms with E-state index in [9.17, 15) is 33.0 Å². The predicted octanol–water partition coefficient (Wildman–Crippen LogP) is 8.87. The molecule has 2 aromatic carbocycles. The van der Waals surface area contributed by atoms with Gasteiger partial charge in [0.05, 0.1) is 37.9 Å². The van der Waals surface area contributed by atoms with Crippen LogP contribution in [0.25, 0.3) is 0 Å².